The second-order valence-electron chi connectivity index (χ2n) is 5.50. The van der Waals surface area contributed by atoms with Crippen molar-refractivity contribution >= 4 is 23.2 Å². The summed E-state index contributed by atoms with van der Waals surface area (Å²) in [5, 5.41) is 7.13. The zero-order chi connectivity index (χ0) is 17.5. The summed E-state index contributed by atoms with van der Waals surface area (Å²) in [6.07, 6.45) is 2.07. The van der Waals surface area contributed by atoms with Crippen LogP contribution in [-0.4, -0.2) is 16.5 Å². The van der Waals surface area contributed by atoms with Crippen molar-refractivity contribution in [1.29, 1.82) is 0 Å². The summed E-state index contributed by atoms with van der Waals surface area (Å²) in [6.45, 7) is 1.16. The molecule has 0 radical (unpaired) electrons. The summed E-state index contributed by atoms with van der Waals surface area (Å²) in [5.74, 6) is 1.20. The van der Waals surface area contributed by atoms with E-state index in [0.29, 0.717) is 41.7 Å². The fourth-order valence-electron chi connectivity index (χ4n) is 2.40. The van der Waals surface area contributed by atoms with Gasteiger partial charge in [-0.15, -0.1) is 0 Å². The lowest BCUT2D eigenvalue weighted by molar-refractivity contribution is 0.610. The van der Waals surface area contributed by atoms with Crippen LogP contribution in [0.3, 0.4) is 0 Å². The van der Waals surface area contributed by atoms with E-state index in [1.165, 1.54) is 12.4 Å². The minimum atomic E-state index is -0.186. The second kappa shape index (κ2) is 8.44. The average molecular weight is 357 g/mol. The van der Waals surface area contributed by atoms with Crippen LogP contribution in [0.15, 0.2) is 60.9 Å². The molecule has 0 aliphatic heterocycles. The van der Waals surface area contributed by atoms with Gasteiger partial charge in [-0.2, -0.15) is 0 Å². The molecule has 1 heterocycles. The Morgan fingerprint density at radius 2 is 1.56 bits per heavy atom. The Hall–Kier alpha value is -2.66. The molecular formula is C19H18ClFN4. The Bertz CT molecular complexity index is 841. The maximum absolute atomic E-state index is 13.6. The molecule has 0 spiro atoms. The minimum absolute atomic E-state index is 0.186. The molecule has 3 rings (SSSR count). The van der Waals surface area contributed by atoms with E-state index in [0.717, 1.165) is 5.56 Å². The molecule has 2 aromatic carbocycles. The van der Waals surface area contributed by atoms with Crippen LogP contribution >= 0.6 is 11.6 Å². The molecule has 0 unspecified atom stereocenters. The topological polar surface area (TPSA) is 49.8 Å². The van der Waals surface area contributed by atoms with Gasteiger partial charge >= 0.3 is 0 Å². The van der Waals surface area contributed by atoms with Crippen LogP contribution in [0.25, 0.3) is 0 Å². The predicted octanol–water partition coefficient (Wildman–Crippen LogP) is 4.54. The van der Waals surface area contributed by atoms with Gasteiger partial charge in [0.15, 0.2) is 0 Å². The van der Waals surface area contributed by atoms with Crippen LogP contribution in [0.1, 0.15) is 11.1 Å². The van der Waals surface area contributed by atoms with Gasteiger partial charge in [-0.05, 0) is 29.7 Å². The number of aromatic nitrogens is 2. The first-order chi connectivity index (χ1) is 12.2. The summed E-state index contributed by atoms with van der Waals surface area (Å²) in [5.41, 5.74) is 1.68. The van der Waals surface area contributed by atoms with E-state index in [1.54, 1.807) is 12.1 Å². The van der Waals surface area contributed by atoms with Crippen molar-refractivity contribution in [3.8, 4) is 0 Å². The van der Waals surface area contributed by atoms with Crippen molar-refractivity contribution in [1.82, 2.24) is 9.97 Å². The van der Waals surface area contributed by atoms with Crippen LogP contribution in [-0.2, 0) is 13.0 Å². The molecule has 0 aliphatic carbocycles. The first-order valence-electron chi connectivity index (χ1n) is 7.99. The number of hydrogen-bond acceptors (Lipinski definition) is 4. The third kappa shape index (κ3) is 4.90. The van der Waals surface area contributed by atoms with Crippen molar-refractivity contribution < 1.29 is 4.39 Å². The maximum atomic E-state index is 13.6. The highest BCUT2D eigenvalue weighted by Crippen LogP contribution is 2.17. The number of hydrogen-bond donors (Lipinski definition) is 2. The van der Waals surface area contributed by atoms with Gasteiger partial charge in [-0.3, -0.25) is 0 Å². The lowest BCUT2D eigenvalue weighted by atomic mass is 10.1. The molecule has 1 aromatic heterocycles. The quantitative estimate of drug-likeness (QED) is 0.652. The lowest BCUT2D eigenvalue weighted by Crippen LogP contribution is -2.09. The number of rotatable bonds is 7. The Morgan fingerprint density at radius 3 is 2.32 bits per heavy atom. The minimum Gasteiger partial charge on any atom is -0.370 e. The van der Waals surface area contributed by atoms with Gasteiger partial charge in [0.05, 0.1) is 0 Å². The predicted molar refractivity (Wildman–Crippen MR) is 99.4 cm³/mol. The summed E-state index contributed by atoms with van der Waals surface area (Å²) >= 11 is 6.15. The van der Waals surface area contributed by atoms with Gasteiger partial charge in [-0.25, -0.2) is 14.4 Å². The van der Waals surface area contributed by atoms with E-state index in [1.807, 2.05) is 36.4 Å². The smallest absolute Gasteiger partial charge is 0.131 e. The van der Waals surface area contributed by atoms with E-state index in [-0.39, 0.29) is 5.82 Å². The van der Waals surface area contributed by atoms with Gasteiger partial charge in [0.25, 0.3) is 0 Å². The van der Waals surface area contributed by atoms with E-state index in [2.05, 4.69) is 20.6 Å². The molecule has 3 aromatic rings. The van der Waals surface area contributed by atoms with Crippen molar-refractivity contribution in [3.63, 3.8) is 0 Å². The van der Waals surface area contributed by atoms with E-state index >= 15 is 0 Å². The molecule has 0 amide bonds. The molecule has 6 heteroatoms. The normalized spacial score (nSPS) is 10.5. The van der Waals surface area contributed by atoms with Gasteiger partial charge in [0.1, 0.15) is 23.8 Å². The van der Waals surface area contributed by atoms with Crippen molar-refractivity contribution in [2.75, 3.05) is 17.2 Å². The summed E-state index contributed by atoms with van der Waals surface area (Å²) in [7, 11) is 0. The number of anilines is 2. The number of nitrogens with one attached hydrogen (secondary N) is 2. The fourth-order valence-corrected chi connectivity index (χ4v) is 2.61. The Balaban J connectivity index is 1.54. The van der Waals surface area contributed by atoms with Gasteiger partial charge in [-0.1, -0.05) is 48.0 Å². The second-order valence-corrected chi connectivity index (χ2v) is 5.91. The van der Waals surface area contributed by atoms with Crippen molar-refractivity contribution in [3.05, 3.63) is 82.9 Å². The molecule has 0 saturated heterocycles. The molecule has 2 N–H and O–H groups in total. The highest BCUT2D eigenvalue weighted by atomic mass is 35.5. The Morgan fingerprint density at radius 1 is 0.880 bits per heavy atom. The fraction of sp³-hybridized carbons (Fsp3) is 0.158. The summed E-state index contributed by atoms with van der Waals surface area (Å²) in [6, 6.07) is 16.3. The van der Waals surface area contributed by atoms with Gasteiger partial charge in [0.2, 0.25) is 0 Å². The lowest BCUT2D eigenvalue weighted by Gasteiger charge is -2.10. The third-order valence-electron chi connectivity index (χ3n) is 3.74. The standard InChI is InChI=1S/C19H18ClFN4/c20-16-7-3-1-6-15(16)12-23-19-11-18(24-13-25-19)22-10-9-14-5-2-4-8-17(14)21/h1-8,11,13H,9-10,12H2,(H2,22,23,24,25). The monoisotopic (exact) mass is 356 g/mol. The molecule has 4 nitrogen and oxygen atoms in total. The van der Waals surface area contributed by atoms with Crippen LogP contribution in [0.2, 0.25) is 5.02 Å². The Kier molecular flexibility index (Phi) is 5.80. The molecule has 128 valence electrons. The van der Waals surface area contributed by atoms with Crippen LogP contribution in [0.4, 0.5) is 16.0 Å². The van der Waals surface area contributed by atoms with E-state index < -0.39 is 0 Å². The van der Waals surface area contributed by atoms with Crippen LogP contribution in [0.5, 0.6) is 0 Å². The maximum Gasteiger partial charge on any atom is 0.131 e. The first-order valence-corrected chi connectivity index (χ1v) is 8.37. The van der Waals surface area contributed by atoms with Gasteiger partial charge in [0, 0.05) is 24.2 Å². The van der Waals surface area contributed by atoms with E-state index in [9.17, 15) is 4.39 Å². The average Bonchev–Trinajstić information content (AvgIpc) is 2.63. The molecule has 0 saturated carbocycles. The molecule has 0 bridgehead atoms. The molecule has 0 atom stereocenters. The van der Waals surface area contributed by atoms with Crippen LogP contribution in [0, 0.1) is 5.82 Å². The highest BCUT2D eigenvalue weighted by molar-refractivity contribution is 6.31. The van der Waals surface area contributed by atoms with Crippen molar-refractivity contribution in [2.45, 2.75) is 13.0 Å². The zero-order valence-corrected chi connectivity index (χ0v) is 14.3. The van der Waals surface area contributed by atoms with Crippen molar-refractivity contribution in [2.24, 2.45) is 0 Å². The van der Waals surface area contributed by atoms with Crippen LogP contribution < -0.4 is 10.6 Å². The molecule has 0 fully saturated rings. The summed E-state index contributed by atoms with van der Waals surface area (Å²) < 4.78 is 13.6. The van der Waals surface area contributed by atoms with Gasteiger partial charge < -0.3 is 10.6 Å². The molecule has 0 aliphatic rings. The number of nitrogens with zero attached hydrogens (tertiary/aromatic N) is 2. The SMILES string of the molecule is Fc1ccccc1CCNc1cc(NCc2ccccc2Cl)ncn1. The zero-order valence-electron chi connectivity index (χ0n) is 13.5. The highest BCUT2D eigenvalue weighted by Gasteiger charge is 2.03. The number of benzene rings is 2. The number of halogens is 2. The molecule has 25 heavy (non-hydrogen) atoms. The van der Waals surface area contributed by atoms with E-state index in [4.69, 9.17) is 11.6 Å². The first kappa shape index (κ1) is 17.2. The Labute approximate surface area is 151 Å². The largest absolute Gasteiger partial charge is 0.370 e. The molecular weight excluding hydrogens is 339 g/mol. The third-order valence-corrected chi connectivity index (χ3v) is 4.11. The summed E-state index contributed by atoms with van der Waals surface area (Å²) in [4.78, 5) is 8.38.